The molecule has 0 aliphatic carbocycles. The van der Waals surface area contributed by atoms with E-state index in [0.29, 0.717) is 17.9 Å². The van der Waals surface area contributed by atoms with Gasteiger partial charge in [-0.25, -0.2) is 4.79 Å². The Kier molecular flexibility index (Phi) is 3.71. The standard InChI is InChI=1S/C11H15N5O2/c1-2-3-4-8(11(17)18)13-9-5-6-10-14-12-7-16(10)15-9/h5-8H,2-4H2,1H3,(H,13,15)(H,17,18)/t8-/m0/s1. The molecule has 0 aliphatic heterocycles. The van der Waals surface area contributed by atoms with Crippen LogP contribution >= 0.6 is 0 Å². The molecule has 7 nitrogen and oxygen atoms in total. The smallest absolute Gasteiger partial charge is 0.326 e. The van der Waals surface area contributed by atoms with Crippen LogP contribution in [0.15, 0.2) is 18.5 Å². The number of carbonyl (C=O) groups is 1. The Morgan fingerprint density at radius 1 is 1.56 bits per heavy atom. The average molecular weight is 249 g/mol. The minimum Gasteiger partial charge on any atom is -0.480 e. The van der Waals surface area contributed by atoms with Crippen LogP contribution in [0.3, 0.4) is 0 Å². The second-order valence-corrected chi connectivity index (χ2v) is 4.03. The molecule has 0 saturated carbocycles. The Morgan fingerprint density at radius 3 is 3.11 bits per heavy atom. The minimum atomic E-state index is -0.867. The van der Waals surface area contributed by atoms with E-state index in [9.17, 15) is 4.79 Å². The van der Waals surface area contributed by atoms with Gasteiger partial charge in [-0.1, -0.05) is 19.8 Å². The number of carboxylic acids is 1. The first kappa shape index (κ1) is 12.3. The molecule has 96 valence electrons. The molecule has 0 saturated heterocycles. The van der Waals surface area contributed by atoms with Crippen molar-refractivity contribution in [3.05, 3.63) is 18.5 Å². The number of nitrogens with zero attached hydrogens (tertiary/aromatic N) is 4. The maximum Gasteiger partial charge on any atom is 0.326 e. The SMILES string of the molecule is CCCC[C@H](Nc1ccc2nncn2n1)C(=O)O. The van der Waals surface area contributed by atoms with E-state index in [1.807, 2.05) is 6.92 Å². The molecule has 0 bridgehead atoms. The van der Waals surface area contributed by atoms with Crippen LogP contribution in [0.2, 0.25) is 0 Å². The van der Waals surface area contributed by atoms with Crippen molar-refractivity contribution in [3.8, 4) is 0 Å². The van der Waals surface area contributed by atoms with Gasteiger partial charge >= 0.3 is 5.97 Å². The minimum absolute atomic E-state index is 0.505. The van der Waals surface area contributed by atoms with Crippen molar-refractivity contribution in [1.29, 1.82) is 0 Å². The molecule has 7 heteroatoms. The molecule has 0 fully saturated rings. The molecule has 0 unspecified atom stereocenters. The van der Waals surface area contributed by atoms with Gasteiger partial charge in [0.2, 0.25) is 0 Å². The van der Waals surface area contributed by atoms with E-state index in [1.54, 1.807) is 12.1 Å². The molecule has 2 N–H and O–H groups in total. The number of rotatable bonds is 6. The number of aliphatic carboxylic acids is 1. The quantitative estimate of drug-likeness (QED) is 0.798. The highest BCUT2D eigenvalue weighted by Crippen LogP contribution is 2.10. The van der Waals surface area contributed by atoms with Gasteiger partial charge in [0, 0.05) is 0 Å². The van der Waals surface area contributed by atoms with Crippen molar-refractivity contribution in [1.82, 2.24) is 19.8 Å². The monoisotopic (exact) mass is 249 g/mol. The maximum absolute atomic E-state index is 11.1. The fourth-order valence-electron chi connectivity index (χ4n) is 1.65. The van der Waals surface area contributed by atoms with Crippen LogP contribution < -0.4 is 5.32 Å². The summed E-state index contributed by atoms with van der Waals surface area (Å²) in [6.45, 7) is 2.03. The van der Waals surface area contributed by atoms with E-state index in [4.69, 9.17) is 5.11 Å². The second kappa shape index (κ2) is 5.44. The normalized spacial score (nSPS) is 12.5. The number of fused-ring (bicyclic) bond motifs is 1. The molecule has 0 radical (unpaired) electrons. The molecular formula is C11H15N5O2. The van der Waals surface area contributed by atoms with Crippen molar-refractivity contribution in [2.45, 2.75) is 32.2 Å². The Balaban J connectivity index is 2.11. The Morgan fingerprint density at radius 2 is 2.39 bits per heavy atom. The largest absolute Gasteiger partial charge is 0.480 e. The topological polar surface area (TPSA) is 92.4 Å². The van der Waals surface area contributed by atoms with Gasteiger partial charge in [0.1, 0.15) is 18.2 Å². The summed E-state index contributed by atoms with van der Waals surface area (Å²) >= 11 is 0. The van der Waals surface area contributed by atoms with E-state index in [1.165, 1.54) is 10.8 Å². The fourth-order valence-corrected chi connectivity index (χ4v) is 1.65. The zero-order valence-corrected chi connectivity index (χ0v) is 10.1. The highest BCUT2D eigenvalue weighted by atomic mass is 16.4. The average Bonchev–Trinajstić information content (AvgIpc) is 2.81. The molecule has 2 rings (SSSR count). The van der Waals surface area contributed by atoms with Gasteiger partial charge in [0.05, 0.1) is 0 Å². The first-order valence-electron chi connectivity index (χ1n) is 5.87. The van der Waals surface area contributed by atoms with Crippen LogP contribution in [0.25, 0.3) is 5.65 Å². The summed E-state index contributed by atoms with van der Waals surface area (Å²) in [7, 11) is 0. The van der Waals surface area contributed by atoms with Crippen LogP contribution in [-0.4, -0.2) is 36.9 Å². The molecule has 18 heavy (non-hydrogen) atoms. The maximum atomic E-state index is 11.1. The number of anilines is 1. The summed E-state index contributed by atoms with van der Waals surface area (Å²) in [4.78, 5) is 11.1. The zero-order valence-electron chi connectivity index (χ0n) is 10.1. The van der Waals surface area contributed by atoms with Crippen LogP contribution in [0.4, 0.5) is 5.82 Å². The molecule has 0 amide bonds. The van der Waals surface area contributed by atoms with E-state index in [2.05, 4.69) is 20.6 Å². The predicted octanol–water partition coefficient (Wildman–Crippen LogP) is 1.18. The summed E-state index contributed by atoms with van der Waals surface area (Å²) in [6.07, 6.45) is 3.87. The molecule has 2 heterocycles. The number of unbranched alkanes of at least 4 members (excludes halogenated alkanes) is 1. The number of aromatic nitrogens is 4. The van der Waals surface area contributed by atoms with E-state index < -0.39 is 12.0 Å². The summed E-state index contributed by atoms with van der Waals surface area (Å²) in [5.74, 6) is -0.361. The number of hydrogen-bond donors (Lipinski definition) is 2. The summed E-state index contributed by atoms with van der Waals surface area (Å²) in [6, 6.07) is 2.82. The number of carboxylic acid groups (broad SMARTS) is 1. The van der Waals surface area contributed by atoms with Crippen LogP contribution in [0, 0.1) is 0 Å². The van der Waals surface area contributed by atoms with Crippen LogP contribution in [0.1, 0.15) is 26.2 Å². The third kappa shape index (κ3) is 2.73. The van der Waals surface area contributed by atoms with Gasteiger partial charge in [0.15, 0.2) is 5.65 Å². The third-order valence-electron chi connectivity index (χ3n) is 2.63. The van der Waals surface area contributed by atoms with Crippen molar-refractivity contribution in [3.63, 3.8) is 0 Å². The first-order chi connectivity index (χ1) is 8.70. The lowest BCUT2D eigenvalue weighted by atomic mass is 10.1. The number of nitrogens with one attached hydrogen (secondary N) is 1. The van der Waals surface area contributed by atoms with E-state index in [-0.39, 0.29) is 0 Å². The van der Waals surface area contributed by atoms with Gasteiger partial charge < -0.3 is 10.4 Å². The molecule has 2 aromatic heterocycles. The van der Waals surface area contributed by atoms with Gasteiger partial charge in [0.25, 0.3) is 0 Å². The summed E-state index contributed by atoms with van der Waals surface area (Å²) in [5, 5.41) is 23.7. The van der Waals surface area contributed by atoms with Gasteiger partial charge in [-0.3, -0.25) is 0 Å². The third-order valence-corrected chi connectivity index (χ3v) is 2.63. The molecule has 0 spiro atoms. The van der Waals surface area contributed by atoms with Crippen LogP contribution in [-0.2, 0) is 4.79 Å². The van der Waals surface area contributed by atoms with Gasteiger partial charge in [-0.15, -0.1) is 15.3 Å². The zero-order chi connectivity index (χ0) is 13.0. The molecule has 0 aliphatic rings. The summed E-state index contributed by atoms with van der Waals surface area (Å²) in [5.41, 5.74) is 0.626. The molecule has 0 aromatic carbocycles. The summed E-state index contributed by atoms with van der Waals surface area (Å²) < 4.78 is 1.50. The fraction of sp³-hybridized carbons (Fsp3) is 0.455. The van der Waals surface area contributed by atoms with Crippen molar-refractivity contribution in [2.24, 2.45) is 0 Å². The van der Waals surface area contributed by atoms with Crippen molar-refractivity contribution < 1.29 is 9.90 Å². The number of hydrogen-bond acceptors (Lipinski definition) is 5. The first-order valence-corrected chi connectivity index (χ1v) is 5.87. The lowest BCUT2D eigenvalue weighted by Crippen LogP contribution is -2.29. The van der Waals surface area contributed by atoms with E-state index >= 15 is 0 Å². The van der Waals surface area contributed by atoms with Crippen LogP contribution in [0.5, 0.6) is 0 Å². The molecule has 2 aromatic rings. The molecule has 1 atom stereocenters. The van der Waals surface area contributed by atoms with E-state index in [0.717, 1.165) is 12.8 Å². The lowest BCUT2D eigenvalue weighted by molar-refractivity contribution is -0.138. The van der Waals surface area contributed by atoms with Gasteiger partial charge in [-0.05, 0) is 18.6 Å². The highest BCUT2D eigenvalue weighted by molar-refractivity contribution is 5.76. The second-order valence-electron chi connectivity index (χ2n) is 4.03. The lowest BCUT2D eigenvalue weighted by Gasteiger charge is -2.14. The van der Waals surface area contributed by atoms with Gasteiger partial charge in [-0.2, -0.15) is 4.52 Å². The Hall–Kier alpha value is -2.18. The predicted molar refractivity (Wildman–Crippen MR) is 65.4 cm³/mol. The van der Waals surface area contributed by atoms with Crippen molar-refractivity contribution >= 4 is 17.4 Å². The highest BCUT2D eigenvalue weighted by Gasteiger charge is 2.17. The molecular weight excluding hydrogens is 234 g/mol. The Bertz CT molecular complexity index is 539. The van der Waals surface area contributed by atoms with Crippen molar-refractivity contribution in [2.75, 3.05) is 5.32 Å². The Labute approximate surface area is 104 Å².